The number of urea groups is 1. The van der Waals surface area contributed by atoms with Crippen LogP contribution in [0.25, 0.3) is 11.4 Å². The lowest BCUT2D eigenvalue weighted by Gasteiger charge is -2.35. The quantitative estimate of drug-likeness (QED) is 0.462. The van der Waals surface area contributed by atoms with Crippen molar-refractivity contribution in [1.82, 2.24) is 19.7 Å². The molecule has 3 heterocycles. The molecule has 0 spiro atoms. The van der Waals surface area contributed by atoms with Gasteiger partial charge in [-0.25, -0.2) is 23.2 Å². The molecule has 0 radical (unpaired) electrons. The summed E-state index contributed by atoms with van der Waals surface area (Å²) in [5.41, 5.74) is 2.29. The Morgan fingerprint density at radius 1 is 1.13 bits per heavy atom. The van der Waals surface area contributed by atoms with Gasteiger partial charge in [0.25, 0.3) is 0 Å². The molecule has 11 nitrogen and oxygen atoms in total. The molecule has 12 heteroatoms. The van der Waals surface area contributed by atoms with E-state index in [1.54, 1.807) is 82.1 Å². The Hall–Kier alpha value is -3.51. The maximum atomic E-state index is 13.3. The summed E-state index contributed by atoms with van der Waals surface area (Å²) in [6.45, 7) is 10.6. The van der Waals surface area contributed by atoms with Crippen molar-refractivity contribution in [3.8, 4) is 11.4 Å². The van der Waals surface area contributed by atoms with Crippen molar-refractivity contribution in [2.75, 3.05) is 35.3 Å². The highest BCUT2D eigenvalue weighted by Gasteiger charge is 2.40. The molecule has 1 aliphatic heterocycles. The fraction of sp³-hybridized carbons (Fsp3) is 0.462. The van der Waals surface area contributed by atoms with E-state index < -0.39 is 25.9 Å². The molecule has 0 unspecified atom stereocenters. The van der Waals surface area contributed by atoms with Crippen LogP contribution in [-0.4, -0.2) is 65.2 Å². The standard InChI is InChI=1S/C26H35N7O4S/c1-17(2)38(35,36)26(4,5)22-13-23(33-11-12-37-16-18(33)3)31-24(30-22)19-7-9-20(10-8-19)28-25(34)29-21-14-27-32(6)15-21/h7-10,13-15,17-18H,11-12,16H2,1-6H3,(H2,28,29,34)/t18-/m0/s1. The number of nitrogens with one attached hydrogen (secondary N) is 2. The van der Waals surface area contributed by atoms with Crippen LogP contribution < -0.4 is 15.5 Å². The lowest BCUT2D eigenvalue weighted by Crippen LogP contribution is -2.44. The Balaban J connectivity index is 1.66. The Bertz CT molecular complexity index is 1400. The van der Waals surface area contributed by atoms with Crippen molar-refractivity contribution >= 4 is 33.1 Å². The second-order valence-electron chi connectivity index (χ2n) is 10.2. The summed E-state index contributed by atoms with van der Waals surface area (Å²) in [7, 11) is -1.76. The zero-order valence-corrected chi connectivity index (χ0v) is 23.4. The van der Waals surface area contributed by atoms with Crippen LogP contribution in [-0.2, 0) is 26.4 Å². The minimum absolute atomic E-state index is 0.0778. The van der Waals surface area contributed by atoms with Gasteiger partial charge in [-0.3, -0.25) is 4.68 Å². The largest absolute Gasteiger partial charge is 0.377 e. The molecular formula is C26H35N7O4S. The number of sulfone groups is 1. The first-order chi connectivity index (χ1) is 17.9. The molecule has 4 rings (SSSR count). The lowest BCUT2D eigenvalue weighted by molar-refractivity contribution is 0.0985. The van der Waals surface area contributed by atoms with Crippen molar-refractivity contribution in [3.63, 3.8) is 0 Å². The highest BCUT2D eigenvalue weighted by Crippen LogP contribution is 2.35. The Morgan fingerprint density at radius 3 is 2.42 bits per heavy atom. The Labute approximate surface area is 223 Å². The number of benzene rings is 1. The predicted octanol–water partition coefficient (Wildman–Crippen LogP) is 3.80. The normalized spacial score (nSPS) is 16.5. The molecule has 1 aromatic carbocycles. The number of rotatable bonds is 7. The molecule has 3 aromatic rings. The number of carbonyl (C=O) groups excluding carboxylic acids is 1. The van der Waals surface area contributed by atoms with Crippen LogP contribution in [0.1, 0.15) is 40.3 Å². The smallest absolute Gasteiger partial charge is 0.323 e. The van der Waals surface area contributed by atoms with Crippen molar-refractivity contribution in [3.05, 3.63) is 48.4 Å². The number of hydrogen-bond acceptors (Lipinski definition) is 8. The number of carbonyl (C=O) groups is 1. The average molecular weight is 542 g/mol. The number of aryl methyl sites for hydroxylation is 1. The fourth-order valence-corrected chi connectivity index (χ4v) is 5.88. The number of hydrogen-bond donors (Lipinski definition) is 2. The molecule has 1 aliphatic rings. The maximum Gasteiger partial charge on any atom is 0.323 e. The molecule has 1 atom stereocenters. The van der Waals surface area contributed by atoms with Crippen LogP contribution in [0.2, 0.25) is 0 Å². The average Bonchev–Trinajstić information content (AvgIpc) is 3.28. The van der Waals surface area contributed by atoms with Gasteiger partial charge in [-0.05, 0) is 58.9 Å². The van der Waals surface area contributed by atoms with Gasteiger partial charge in [0.1, 0.15) is 10.6 Å². The number of ether oxygens (including phenoxy) is 1. The molecule has 2 N–H and O–H groups in total. The first-order valence-corrected chi connectivity index (χ1v) is 14.1. The van der Waals surface area contributed by atoms with Gasteiger partial charge in [0, 0.05) is 37.1 Å². The van der Waals surface area contributed by atoms with Crippen LogP contribution in [0.15, 0.2) is 42.7 Å². The number of aromatic nitrogens is 4. The first kappa shape index (κ1) is 27.5. The van der Waals surface area contributed by atoms with E-state index in [-0.39, 0.29) is 6.04 Å². The lowest BCUT2D eigenvalue weighted by atomic mass is 10.1. The van der Waals surface area contributed by atoms with E-state index in [1.165, 1.54) is 0 Å². The number of morpholine rings is 1. The van der Waals surface area contributed by atoms with E-state index in [1.807, 2.05) is 6.92 Å². The monoisotopic (exact) mass is 541 g/mol. The third-order valence-corrected chi connectivity index (χ3v) is 9.56. The van der Waals surface area contributed by atoms with Crippen LogP contribution in [0, 0.1) is 0 Å². The van der Waals surface area contributed by atoms with E-state index in [9.17, 15) is 13.2 Å². The topological polar surface area (TPSA) is 131 Å². The Kier molecular flexibility index (Phi) is 7.75. The predicted molar refractivity (Wildman–Crippen MR) is 148 cm³/mol. The van der Waals surface area contributed by atoms with E-state index >= 15 is 0 Å². The number of nitrogens with zero attached hydrogens (tertiary/aromatic N) is 5. The molecule has 0 bridgehead atoms. The van der Waals surface area contributed by atoms with Crippen LogP contribution in [0.3, 0.4) is 0 Å². The van der Waals surface area contributed by atoms with Crippen molar-refractivity contribution in [1.29, 1.82) is 0 Å². The van der Waals surface area contributed by atoms with Gasteiger partial charge >= 0.3 is 6.03 Å². The summed E-state index contributed by atoms with van der Waals surface area (Å²) < 4.78 is 32.5. The van der Waals surface area contributed by atoms with Crippen LogP contribution in [0.5, 0.6) is 0 Å². The van der Waals surface area contributed by atoms with Crippen molar-refractivity contribution in [2.45, 2.75) is 50.7 Å². The van der Waals surface area contributed by atoms with Gasteiger partial charge in [-0.1, -0.05) is 0 Å². The minimum atomic E-state index is -3.53. The van der Waals surface area contributed by atoms with E-state index in [2.05, 4.69) is 20.6 Å². The fourth-order valence-electron chi connectivity index (χ4n) is 4.30. The number of anilines is 3. The second kappa shape index (κ2) is 10.7. The summed E-state index contributed by atoms with van der Waals surface area (Å²) in [6, 6.07) is 8.57. The molecule has 0 saturated carbocycles. The molecule has 2 aromatic heterocycles. The first-order valence-electron chi connectivity index (χ1n) is 12.5. The zero-order chi connectivity index (χ0) is 27.7. The van der Waals surface area contributed by atoms with Gasteiger partial charge in [-0.2, -0.15) is 5.10 Å². The summed E-state index contributed by atoms with van der Waals surface area (Å²) in [5, 5.41) is 8.97. The highest BCUT2D eigenvalue weighted by atomic mass is 32.2. The summed E-state index contributed by atoms with van der Waals surface area (Å²) in [5.74, 6) is 1.07. The van der Waals surface area contributed by atoms with Crippen molar-refractivity contribution in [2.24, 2.45) is 7.05 Å². The van der Waals surface area contributed by atoms with Gasteiger partial charge in [0.05, 0.1) is 42.1 Å². The third kappa shape index (κ3) is 5.65. The minimum Gasteiger partial charge on any atom is -0.377 e. The Morgan fingerprint density at radius 2 is 1.82 bits per heavy atom. The summed E-state index contributed by atoms with van der Waals surface area (Å²) in [6.07, 6.45) is 3.25. The highest BCUT2D eigenvalue weighted by molar-refractivity contribution is 7.92. The molecular weight excluding hydrogens is 506 g/mol. The molecule has 0 aliphatic carbocycles. The summed E-state index contributed by atoms with van der Waals surface area (Å²) >= 11 is 0. The zero-order valence-electron chi connectivity index (χ0n) is 22.6. The van der Waals surface area contributed by atoms with Gasteiger partial charge in [-0.15, -0.1) is 0 Å². The molecule has 38 heavy (non-hydrogen) atoms. The van der Waals surface area contributed by atoms with Gasteiger partial charge in [0.2, 0.25) is 0 Å². The SMILES string of the molecule is CC(C)S(=O)(=O)C(C)(C)c1cc(N2CCOC[C@@H]2C)nc(-c2ccc(NC(=O)Nc3cnn(C)c3)cc2)n1. The number of amides is 2. The molecule has 1 saturated heterocycles. The molecule has 204 valence electrons. The van der Waals surface area contributed by atoms with E-state index in [4.69, 9.17) is 14.7 Å². The van der Waals surface area contributed by atoms with Crippen LogP contribution >= 0.6 is 0 Å². The van der Waals surface area contributed by atoms with Crippen molar-refractivity contribution < 1.29 is 17.9 Å². The van der Waals surface area contributed by atoms with Gasteiger partial charge in [0.15, 0.2) is 15.7 Å². The molecule has 2 amide bonds. The van der Waals surface area contributed by atoms with Gasteiger partial charge < -0.3 is 20.3 Å². The van der Waals surface area contributed by atoms with Crippen LogP contribution in [0.4, 0.5) is 22.0 Å². The third-order valence-electron chi connectivity index (χ3n) is 6.69. The second-order valence-corrected chi connectivity index (χ2v) is 13.3. The molecule has 1 fully saturated rings. The van der Waals surface area contributed by atoms with E-state index in [0.29, 0.717) is 54.0 Å². The summed E-state index contributed by atoms with van der Waals surface area (Å²) in [4.78, 5) is 24.0. The maximum absolute atomic E-state index is 13.3. The van der Waals surface area contributed by atoms with E-state index in [0.717, 1.165) is 0 Å².